The monoisotopic (exact) mass is 383 g/mol. The highest BCUT2D eigenvalue weighted by molar-refractivity contribution is 7.88. The number of carbonyl (C=O) groups excluding carboxylic acids is 1. The molecule has 0 radical (unpaired) electrons. The van der Waals surface area contributed by atoms with E-state index in [9.17, 15) is 13.2 Å². The molecule has 2 heterocycles. The van der Waals surface area contributed by atoms with E-state index in [-0.39, 0.29) is 5.91 Å². The second-order valence-corrected chi connectivity index (χ2v) is 8.45. The molecule has 1 N–H and O–H groups in total. The van der Waals surface area contributed by atoms with Crippen LogP contribution in [-0.4, -0.2) is 82.3 Å². The van der Waals surface area contributed by atoms with Crippen LogP contribution in [0.5, 0.6) is 11.5 Å². The molecule has 144 valence electrons. The Hall–Kier alpha value is -1.84. The summed E-state index contributed by atoms with van der Waals surface area (Å²) in [6, 6.07) is 5.20. The van der Waals surface area contributed by atoms with E-state index in [0.717, 1.165) is 6.42 Å². The van der Waals surface area contributed by atoms with Gasteiger partial charge in [0.1, 0.15) is 0 Å². The van der Waals surface area contributed by atoms with Gasteiger partial charge in [0.2, 0.25) is 10.0 Å². The van der Waals surface area contributed by atoms with Crippen LogP contribution < -0.4 is 14.8 Å². The second-order valence-electron chi connectivity index (χ2n) is 6.47. The van der Waals surface area contributed by atoms with Crippen molar-refractivity contribution in [2.45, 2.75) is 6.42 Å². The van der Waals surface area contributed by atoms with E-state index in [4.69, 9.17) is 9.47 Å². The van der Waals surface area contributed by atoms with E-state index < -0.39 is 10.0 Å². The number of sulfonamides is 1. The summed E-state index contributed by atoms with van der Waals surface area (Å²) in [5.74, 6) is 1.12. The number of benzene rings is 1. The number of nitrogens with zero attached hydrogens (tertiary/aromatic N) is 2. The summed E-state index contributed by atoms with van der Waals surface area (Å²) in [4.78, 5) is 14.5. The Bertz CT molecular complexity index is 745. The molecule has 8 nitrogen and oxygen atoms in total. The summed E-state index contributed by atoms with van der Waals surface area (Å²) in [5.41, 5.74) is 0.538. The van der Waals surface area contributed by atoms with E-state index in [1.807, 2.05) is 0 Å². The summed E-state index contributed by atoms with van der Waals surface area (Å²) in [5, 5.41) is 2.90. The number of fused-ring (bicyclic) bond motifs is 1. The maximum Gasteiger partial charge on any atom is 0.251 e. The van der Waals surface area contributed by atoms with Crippen molar-refractivity contribution in [3.8, 4) is 11.5 Å². The van der Waals surface area contributed by atoms with Gasteiger partial charge in [-0.05, 0) is 18.2 Å². The van der Waals surface area contributed by atoms with Gasteiger partial charge in [-0.3, -0.25) is 9.69 Å². The van der Waals surface area contributed by atoms with Crippen LogP contribution in [0.2, 0.25) is 0 Å². The molecular weight excluding hydrogens is 358 g/mol. The van der Waals surface area contributed by atoms with Crippen molar-refractivity contribution in [1.29, 1.82) is 0 Å². The van der Waals surface area contributed by atoms with Crippen molar-refractivity contribution in [2.24, 2.45) is 0 Å². The van der Waals surface area contributed by atoms with Gasteiger partial charge >= 0.3 is 0 Å². The number of hydrogen-bond acceptors (Lipinski definition) is 6. The van der Waals surface area contributed by atoms with Crippen LogP contribution >= 0.6 is 0 Å². The van der Waals surface area contributed by atoms with E-state index >= 15 is 0 Å². The molecule has 0 aromatic heterocycles. The van der Waals surface area contributed by atoms with Crippen molar-refractivity contribution in [2.75, 3.05) is 58.7 Å². The molecule has 0 saturated carbocycles. The number of hydrogen-bond donors (Lipinski definition) is 1. The third-order valence-electron chi connectivity index (χ3n) is 4.52. The molecule has 2 aliphatic rings. The molecule has 0 atom stereocenters. The lowest BCUT2D eigenvalue weighted by Gasteiger charge is -2.33. The lowest BCUT2D eigenvalue weighted by Crippen LogP contribution is -2.49. The van der Waals surface area contributed by atoms with Gasteiger partial charge in [-0.15, -0.1) is 0 Å². The van der Waals surface area contributed by atoms with Gasteiger partial charge in [-0.1, -0.05) is 0 Å². The Morgan fingerprint density at radius 2 is 1.81 bits per heavy atom. The Labute approximate surface area is 154 Å². The quantitative estimate of drug-likeness (QED) is 0.779. The molecule has 26 heavy (non-hydrogen) atoms. The molecule has 1 saturated heterocycles. The molecule has 0 spiro atoms. The van der Waals surface area contributed by atoms with E-state index in [0.29, 0.717) is 69.5 Å². The van der Waals surface area contributed by atoms with Crippen LogP contribution in [0.4, 0.5) is 0 Å². The van der Waals surface area contributed by atoms with Gasteiger partial charge in [0.15, 0.2) is 11.5 Å². The smallest absolute Gasteiger partial charge is 0.251 e. The SMILES string of the molecule is CS(=O)(=O)N1CCN(CCNC(=O)c2ccc3c(c2)OCCCO3)CC1. The Kier molecular flexibility index (Phi) is 6.00. The van der Waals surface area contributed by atoms with Gasteiger partial charge in [-0.2, -0.15) is 4.31 Å². The van der Waals surface area contributed by atoms with Gasteiger partial charge in [-0.25, -0.2) is 8.42 Å². The molecule has 2 aliphatic heterocycles. The first-order chi connectivity index (χ1) is 12.4. The molecule has 1 fully saturated rings. The highest BCUT2D eigenvalue weighted by Crippen LogP contribution is 2.30. The number of ether oxygens (including phenoxy) is 2. The highest BCUT2D eigenvalue weighted by atomic mass is 32.2. The summed E-state index contributed by atoms with van der Waals surface area (Å²) in [7, 11) is -3.11. The number of rotatable bonds is 5. The molecular formula is C17H25N3O5S. The zero-order chi connectivity index (χ0) is 18.6. The molecule has 0 unspecified atom stereocenters. The molecule has 0 bridgehead atoms. The topological polar surface area (TPSA) is 88.2 Å². The fourth-order valence-corrected chi connectivity index (χ4v) is 3.85. The van der Waals surface area contributed by atoms with Crippen LogP contribution in [-0.2, 0) is 10.0 Å². The Morgan fingerprint density at radius 1 is 1.12 bits per heavy atom. The lowest BCUT2D eigenvalue weighted by molar-refractivity contribution is 0.0944. The van der Waals surface area contributed by atoms with Crippen molar-refractivity contribution in [3.05, 3.63) is 23.8 Å². The minimum absolute atomic E-state index is 0.157. The van der Waals surface area contributed by atoms with Crippen molar-refractivity contribution < 1.29 is 22.7 Å². The first-order valence-electron chi connectivity index (χ1n) is 8.79. The van der Waals surface area contributed by atoms with Gasteiger partial charge in [0.05, 0.1) is 19.5 Å². The van der Waals surface area contributed by atoms with Crippen molar-refractivity contribution in [3.63, 3.8) is 0 Å². The van der Waals surface area contributed by atoms with Crippen LogP contribution in [0.25, 0.3) is 0 Å². The first kappa shape index (κ1) is 18.9. The average Bonchev–Trinajstić information content (AvgIpc) is 2.86. The third-order valence-corrected chi connectivity index (χ3v) is 5.83. The predicted molar refractivity (Wildman–Crippen MR) is 97.2 cm³/mol. The summed E-state index contributed by atoms with van der Waals surface area (Å²) in [6.07, 6.45) is 2.06. The molecule has 3 rings (SSSR count). The lowest BCUT2D eigenvalue weighted by atomic mass is 10.2. The number of nitrogens with one attached hydrogen (secondary N) is 1. The van der Waals surface area contributed by atoms with Gasteiger partial charge in [0, 0.05) is 51.3 Å². The minimum atomic E-state index is -3.11. The predicted octanol–water partition coefficient (Wildman–Crippen LogP) is 0.155. The fourth-order valence-electron chi connectivity index (χ4n) is 3.02. The minimum Gasteiger partial charge on any atom is -0.490 e. The Morgan fingerprint density at radius 3 is 2.50 bits per heavy atom. The van der Waals surface area contributed by atoms with Crippen LogP contribution in [0.3, 0.4) is 0 Å². The fraction of sp³-hybridized carbons (Fsp3) is 0.588. The molecule has 0 aliphatic carbocycles. The van der Waals surface area contributed by atoms with Crippen molar-refractivity contribution >= 4 is 15.9 Å². The van der Waals surface area contributed by atoms with Crippen LogP contribution in [0, 0.1) is 0 Å². The van der Waals surface area contributed by atoms with Gasteiger partial charge in [0.25, 0.3) is 5.91 Å². The number of amides is 1. The molecule has 1 aromatic rings. The molecule has 1 amide bonds. The zero-order valence-corrected chi connectivity index (χ0v) is 15.8. The Balaban J connectivity index is 1.46. The van der Waals surface area contributed by atoms with Crippen molar-refractivity contribution in [1.82, 2.24) is 14.5 Å². The summed E-state index contributed by atoms with van der Waals surface area (Å²) < 4.78 is 35.7. The zero-order valence-electron chi connectivity index (χ0n) is 14.9. The third kappa shape index (κ3) is 4.87. The largest absolute Gasteiger partial charge is 0.490 e. The maximum atomic E-state index is 12.3. The van der Waals surface area contributed by atoms with E-state index in [1.54, 1.807) is 18.2 Å². The summed E-state index contributed by atoms with van der Waals surface area (Å²) >= 11 is 0. The standard InChI is InChI=1S/C17H25N3O5S/c1-26(22,23)20-9-7-19(8-10-20)6-5-18-17(21)14-3-4-15-16(13-14)25-12-2-11-24-15/h3-4,13H,2,5-12H2,1H3,(H,18,21). The van der Waals surface area contributed by atoms with Crippen LogP contribution in [0.1, 0.15) is 16.8 Å². The highest BCUT2D eigenvalue weighted by Gasteiger charge is 2.23. The molecule has 9 heteroatoms. The first-order valence-corrected chi connectivity index (χ1v) is 10.6. The molecule has 1 aromatic carbocycles. The van der Waals surface area contributed by atoms with E-state index in [1.165, 1.54) is 10.6 Å². The second kappa shape index (κ2) is 8.24. The number of piperazine rings is 1. The maximum absolute atomic E-state index is 12.3. The normalized spacial score (nSPS) is 19.0. The summed E-state index contributed by atoms with van der Waals surface area (Å²) in [6.45, 7) is 4.73. The average molecular weight is 383 g/mol. The van der Waals surface area contributed by atoms with E-state index in [2.05, 4.69) is 10.2 Å². The van der Waals surface area contributed by atoms with Crippen LogP contribution in [0.15, 0.2) is 18.2 Å². The number of carbonyl (C=O) groups is 1. The van der Waals surface area contributed by atoms with Gasteiger partial charge < -0.3 is 14.8 Å².